The van der Waals surface area contributed by atoms with Crippen LogP contribution in [0, 0.1) is 6.92 Å². The fraction of sp³-hybridized carbons (Fsp3) is 0.481. The summed E-state index contributed by atoms with van der Waals surface area (Å²) in [6, 6.07) is 8.00. The lowest BCUT2D eigenvalue weighted by Gasteiger charge is -2.25. The minimum atomic E-state index is -0.0254. The summed E-state index contributed by atoms with van der Waals surface area (Å²) in [5.41, 5.74) is 11.9. The van der Waals surface area contributed by atoms with Crippen molar-refractivity contribution in [3.63, 3.8) is 0 Å². The van der Waals surface area contributed by atoms with Gasteiger partial charge in [0.15, 0.2) is 0 Å². The van der Waals surface area contributed by atoms with Crippen molar-refractivity contribution in [1.82, 2.24) is 29.7 Å². The van der Waals surface area contributed by atoms with Crippen LogP contribution in [0.4, 0.5) is 34.6 Å². The van der Waals surface area contributed by atoms with Crippen LogP contribution in [0.2, 0.25) is 0 Å². The normalized spacial score (nSPS) is 18.9. The standard InChI is InChI=1S/C27H38N10O/c1-18-7-8-21-24(31-18)27(9-10-35(4)15-27)16-37(21)26-30-17-29-25(33-26)32-20-13-19(28)22(14-23(20)38-6)36(5)12-11-34(2)3/h7-8,13-14,17H,9-12,15-16,28H2,1-6H3,(H,29,30,32,33). The molecular weight excluding hydrogens is 480 g/mol. The van der Waals surface area contributed by atoms with Crippen molar-refractivity contribution >= 4 is 34.6 Å². The molecular formula is C27H38N10O. The van der Waals surface area contributed by atoms with E-state index in [1.165, 1.54) is 6.33 Å². The number of nitrogens with zero attached hydrogens (tertiary/aromatic N) is 8. The molecule has 0 aliphatic carbocycles. The Hall–Kier alpha value is -3.70. The van der Waals surface area contributed by atoms with Gasteiger partial charge >= 0.3 is 0 Å². The monoisotopic (exact) mass is 518 g/mol. The third kappa shape index (κ3) is 4.91. The number of likely N-dealkylation sites (N-methyl/N-ethyl adjacent to an activating group) is 3. The zero-order valence-electron chi connectivity index (χ0n) is 23.2. The van der Waals surface area contributed by atoms with Crippen LogP contribution in [-0.2, 0) is 5.41 Å². The lowest BCUT2D eigenvalue weighted by atomic mass is 9.85. The molecule has 11 nitrogen and oxygen atoms in total. The Morgan fingerprint density at radius 1 is 1.11 bits per heavy atom. The summed E-state index contributed by atoms with van der Waals surface area (Å²) in [6.45, 7) is 6.61. The van der Waals surface area contributed by atoms with E-state index in [4.69, 9.17) is 20.4 Å². The van der Waals surface area contributed by atoms with E-state index in [1.807, 2.05) is 26.1 Å². The Kier molecular flexibility index (Phi) is 6.97. The first-order chi connectivity index (χ1) is 18.2. The fourth-order valence-corrected chi connectivity index (χ4v) is 5.45. The van der Waals surface area contributed by atoms with Gasteiger partial charge in [0.25, 0.3) is 0 Å². The van der Waals surface area contributed by atoms with E-state index in [1.54, 1.807) is 7.11 Å². The third-order valence-corrected chi connectivity index (χ3v) is 7.50. The lowest BCUT2D eigenvalue weighted by Crippen LogP contribution is -2.35. The molecule has 202 valence electrons. The summed E-state index contributed by atoms with van der Waals surface area (Å²) in [5.74, 6) is 1.67. The molecule has 0 radical (unpaired) electrons. The molecule has 0 saturated carbocycles. The van der Waals surface area contributed by atoms with Crippen molar-refractivity contribution in [2.45, 2.75) is 18.8 Å². The number of ether oxygens (including phenoxy) is 1. The summed E-state index contributed by atoms with van der Waals surface area (Å²) < 4.78 is 5.70. The Bertz CT molecular complexity index is 1320. The van der Waals surface area contributed by atoms with Crippen LogP contribution in [0.15, 0.2) is 30.6 Å². The number of pyridine rings is 1. The van der Waals surface area contributed by atoms with E-state index in [0.717, 1.165) is 61.9 Å². The van der Waals surface area contributed by atoms with Gasteiger partial charge in [-0.15, -0.1) is 0 Å². The SMILES string of the molecule is COc1cc(N(C)CCN(C)C)c(N)cc1Nc1ncnc(N2CC3(CCN(C)C3)c3nc(C)ccc32)n1. The van der Waals surface area contributed by atoms with Crippen LogP contribution in [0.25, 0.3) is 0 Å². The van der Waals surface area contributed by atoms with Crippen molar-refractivity contribution in [1.29, 1.82) is 0 Å². The van der Waals surface area contributed by atoms with Crippen LogP contribution in [0.1, 0.15) is 17.8 Å². The molecule has 0 amide bonds. The van der Waals surface area contributed by atoms with Gasteiger partial charge in [0.05, 0.1) is 35.6 Å². The van der Waals surface area contributed by atoms with Gasteiger partial charge in [-0.3, -0.25) is 4.98 Å². The van der Waals surface area contributed by atoms with Crippen LogP contribution >= 0.6 is 0 Å². The molecule has 1 aromatic carbocycles. The van der Waals surface area contributed by atoms with Gasteiger partial charge in [-0.1, -0.05) is 0 Å². The van der Waals surface area contributed by atoms with Gasteiger partial charge in [0.2, 0.25) is 11.9 Å². The highest BCUT2D eigenvalue weighted by Gasteiger charge is 2.48. The summed E-state index contributed by atoms with van der Waals surface area (Å²) in [7, 11) is 9.95. The lowest BCUT2D eigenvalue weighted by molar-refractivity contribution is 0.375. The zero-order valence-corrected chi connectivity index (χ0v) is 23.2. The third-order valence-electron chi connectivity index (χ3n) is 7.50. The number of nitrogens with one attached hydrogen (secondary N) is 1. The van der Waals surface area contributed by atoms with Gasteiger partial charge in [0, 0.05) is 50.4 Å². The van der Waals surface area contributed by atoms with Crippen molar-refractivity contribution in [3.05, 3.63) is 42.0 Å². The number of aryl methyl sites for hydroxylation is 1. The Morgan fingerprint density at radius 2 is 1.92 bits per heavy atom. The highest BCUT2D eigenvalue weighted by Crippen LogP contribution is 2.47. The maximum atomic E-state index is 6.46. The average Bonchev–Trinajstić information content (AvgIpc) is 3.42. The molecule has 1 saturated heterocycles. The Balaban J connectivity index is 1.42. The number of hydrogen-bond acceptors (Lipinski definition) is 11. The molecule has 1 spiro atoms. The average molecular weight is 519 g/mol. The Labute approximate surface area is 224 Å². The van der Waals surface area contributed by atoms with E-state index in [-0.39, 0.29) is 5.41 Å². The first-order valence-electron chi connectivity index (χ1n) is 12.9. The molecule has 2 aliphatic heterocycles. The summed E-state index contributed by atoms with van der Waals surface area (Å²) in [6.07, 6.45) is 2.60. The number of nitrogen functional groups attached to an aromatic ring is 1. The van der Waals surface area contributed by atoms with Gasteiger partial charge in [-0.05, 0) is 59.2 Å². The maximum absolute atomic E-state index is 6.46. The van der Waals surface area contributed by atoms with Crippen molar-refractivity contribution in [2.75, 3.05) is 88.9 Å². The molecule has 38 heavy (non-hydrogen) atoms. The molecule has 4 heterocycles. The Morgan fingerprint density at radius 3 is 2.63 bits per heavy atom. The quantitative estimate of drug-likeness (QED) is 0.429. The van der Waals surface area contributed by atoms with E-state index in [9.17, 15) is 0 Å². The van der Waals surface area contributed by atoms with E-state index < -0.39 is 0 Å². The van der Waals surface area contributed by atoms with Crippen molar-refractivity contribution in [2.24, 2.45) is 0 Å². The number of methoxy groups -OCH3 is 1. The van der Waals surface area contributed by atoms with Gasteiger partial charge in [0.1, 0.15) is 12.1 Å². The topological polar surface area (TPSA) is 112 Å². The maximum Gasteiger partial charge on any atom is 0.234 e. The predicted octanol–water partition coefficient (Wildman–Crippen LogP) is 2.63. The van der Waals surface area contributed by atoms with Gasteiger partial charge in [-0.2, -0.15) is 4.98 Å². The number of likely N-dealkylation sites (tertiary alicyclic amines) is 1. The molecule has 1 unspecified atom stereocenters. The molecule has 1 fully saturated rings. The number of aromatic nitrogens is 4. The number of benzene rings is 1. The number of rotatable bonds is 8. The summed E-state index contributed by atoms with van der Waals surface area (Å²) in [5, 5.41) is 3.30. The molecule has 3 aromatic rings. The fourth-order valence-electron chi connectivity index (χ4n) is 5.45. The van der Waals surface area contributed by atoms with Gasteiger partial charge in [-0.25, -0.2) is 9.97 Å². The number of nitrogens with two attached hydrogens (primary N) is 1. The van der Waals surface area contributed by atoms with E-state index in [2.05, 4.69) is 68.2 Å². The van der Waals surface area contributed by atoms with E-state index >= 15 is 0 Å². The van der Waals surface area contributed by atoms with Crippen LogP contribution in [0.3, 0.4) is 0 Å². The molecule has 2 aromatic heterocycles. The summed E-state index contributed by atoms with van der Waals surface area (Å²) >= 11 is 0. The van der Waals surface area contributed by atoms with Crippen LogP contribution in [-0.4, -0.2) is 97.8 Å². The number of hydrogen-bond donors (Lipinski definition) is 2. The second-order valence-corrected chi connectivity index (χ2v) is 10.7. The predicted molar refractivity (Wildman–Crippen MR) is 152 cm³/mol. The van der Waals surface area contributed by atoms with Crippen molar-refractivity contribution in [3.8, 4) is 5.75 Å². The van der Waals surface area contributed by atoms with Gasteiger partial charge < -0.3 is 35.4 Å². The summed E-state index contributed by atoms with van der Waals surface area (Å²) in [4.78, 5) is 27.5. The number of anilines is 6. The second kappa shape index (κ2) is 10.2. The molecule has 0 bridgehead atoms. The highest BCUT2D eigenvalue weighted by molar-refractivity contribution is 5.79. The smallest absolute Gasteiger partial charge is 0.234 e. The van der Waals surface area contributed by atoms with Crippen LogP contribution in [0.5, 0.6) is 5.75 Å². The first-order valence-corrected chi connectivity index (χ1v) is 12.9. The largest absolute Gasteiger partial charge is 0.494 e. The zero-order chi connectivity index (χ0) is 27.0. The molecule has 5 rings (SSSR count). The first kappa shape index (κ1) is 25.9. The van der Waals surface area contributed by atoms with E-state index in [0.29, 0.717) is 29.0 Å². The molecule has 11 heteroatoms. The molecule has 1 atom stereocenters. The van der Waals surface area contributed by atoms with Crippen molar-refractivity contribution < 1.29 is 4.74 Å². The molecule has 3 N–H and O–H groups in total. The highest BCUT2D eigenvalue weighted by atomic mass is 16.5. The minimum Gasteiger partial charge on any atom is -0.494 e. The molecule has 2 aliphatic rings. The van der Waals surface area contributed by atoms with Crippen LogP contribution < -0.4 is 25.6 Å². The number of fused-ring (bicyclic) bond motifs is 2. The second-order valence-electron chi connectivity index (χ2n) is 10.7. The minimum absolute atomic E-state index is 0.0254.